The Balaban J connectivity index is 1.64. The number of rotatable bonds is 6. The lowest BCUT2D eigenvalue weighted by Gasteiger charge is -2.19. The predicted molar refractivity (Wildman–Crippen MR) is 139 cm³/mol. The molecular formula is C27H26FN5O2S. The second-order valence-electron chi connectivity index (χ2n) is 8.89. The SMILES string of the molecule is CCC(C(=O)O)[C@@H]1N=C(c2ccc(Nc3ccc(F)cc3)cc2)c2c(sc(C)c2C)-n2c(C)nnc21. The van der Waals surface area contributed by atoms with E-state index in [9.17, 15) is 14.3 Å². The summed E-state index contributed by atoms with van der Waals surface area (Å²) in [6.07, 6.45) is 0.412. The number of fused-ring (bicyclic) bond motifs is 3. The van der Waals surface area contributed by atoms with Gasteiger partial charge in [0.15, 0.2) is 5.82 Å². The zero-order valence-corrected chi connectivity index (χ0v) is 21.2. The number of aryl methyl sites for hydroxylation is 2. The molecule has 0 bridgehead atoms. The number of aliphatic carboxylic acids is 1. The maximum Gasteiger partial charge on any atom is 0.309 e. The number of aliphatic imine (C=N–C) groups is 1. The van der Waals surface area contributed by atoms with E-state index in [2.05, 4.69) is 29.4 Å². The van der Waals surface area contributed by atoms with Gasteiger partial charge in [-0.2, -0.15) is 0 Å². The van der Waals surface area contributed by atoms with Gasteiger partial charge in [-0.15, -0.1) is 21.5 Å². The lowest BCUT2D eigenvalue weighted by molar-refractivity contribution is -0.142. The van der Waals surface area contributed by atoms with Crippen LogP contribution in [0, 0.1) is 32.5 Å². The molecule has 2 atom stereocenters. The summed E-state index contributed by atoms with van der Waals surface area (Å²) < 4.78 is 15.2. The number of benzene rings is 2. The second-order valence-corrected chi connectivity index (χ2v) is 10.1. The first-order valence-corrected chi connectivity index (χ1v) is 12.6. The smallest absolute Gasteiger partial charge is 0.309 e. The highest BCUT2D eigenvalue weighted by Crippen LogP contribution is 2.41. The molecule has 0 aliphatic carbocycles. The summed E-state index contributed by atoms with van der Waals surface area (Å²) in [7, 11) is 0. The molecule has 4 aromatic rings. The van der Waals surface area contributed by atoms with Crippen LogP contribution in [0.25, 0.3) is 5.00 Å². The minimum absolute atomic E-state index is 0.286. The monoisotopic (exact) mass is 503 g/mol. The fourth-order valence-corrected chi connectivity index (χ4v) is 5.77. The third-order valence-corrected chi connectivity index (χ3v) is 7.81. The Morgan fingerprint density at radius 1 is 1.08 bits per heavy atom. The molecule has 3 heterocycles. The van der Waals surface area contributed by atoms with Gasteiger partial charge < -0.3 is 10.4 Å². The molecule has 184 valence electrons. The molecule has 1 aliphatic heterocycles. The van der Waals surface area contributed by atoms with Gasteiger partial charge in [0, 0.05) is 27.4 Å². The minimum atomic E-state index is -0.908. The van der Waals surface area contributed by atoms with Crippen LogP contribution in [0.1, 0.15) is 52.6 Å². The third kappa shape index (κ3) is 4.09. The number of halogens is 1. The number of carboxylic acid groups (broad SMARTS) is 1. The highest BCUT2D eigenvalue weighted by Gasteiger charge is 2.37. The molecule has 0 saturated heterocycles. The molecule has 0 radical (unpaired) electrons. The van der Waals surface area contributed by atoms with Crippen LogP contribution in [-0.4, -0.2) is 31.6 Å². The van der Waals surface area contributed by atoms with E-state index in [0.717, 1.165) is 43.7 Å². The number of aromatic nitrogens is 3. The van der Waals surface area contributed by atoms with Crippen LogP contribution in [0.15, 0.2) is 53.5 Å². The van der Waals surface area contributed by atoms with Crippen LogP contribution in [-0.2, 0) is 4.79 Å². The van der Waals surface area contributed by atoms with E-state index < -0.39 is 17.9 Å². The first kappa shape index (κ1) is 23.9. The summed E-state index contributed by atoms with van der Waals surface area (Å²) in [5.41, 5.74) is 5.33. The summed E-state index contributed by atoms with van der Waals surface area (Å²) in [6.45, 7) is 7.88. The van der Waals surface area contributed by atoms with Crippen molar-refractivity contribution in [2.45, 2.75) is 40.2 Å². The van der Waals surface area contributed by atoms with E-state index in [1.54, 1.807) is 23.5 Å². The molecule has 9 heteroatoms. The topological polar surface area (TPSA) is 92.4 Å². The van der Waals surface area contributed by atoms with Crippen molar-refractivity contribution in [2.75, 3.05) is 5.32 Å². The highest BCUT2D eigenvalue weighted by molar-refractivity contribution is 7.15. The Morgan fingerprint density at radius 2 is 1.72 bits per heavy atom. The van der Waals surface area contributed by atoms with Crippen molar-refractivity contribution in [2.24, 2.45) is 10.9 Å². The third-order valence-electron chi connectivity index (χ3n) is 6.62. The molecule has 1 unspecified atom stereocenters. The Labute approximate surface area is 212 Å². The Kier molecular flexibility index (Phi) is 6.17. The first-order valence-electron chi connectivity index (χ1n) is 11.7. The number of thiophene rings is 1. The van der Waals surface area contributed by atoms with Gasteiger partial charge in [-0.1, -0.05) is 19.1 Å². The first-order chi connectivity index (χ1) is 17.3. The highest BCUT2D eigenvalue weighted by atomic mass is 32.1. The quantitative estimate of drug-likeness (QED) is 0.330. The number of hydrogen-bond donors (Lipinski definition) is 2. The lowest BCUT2D eigenvalue weighted by atomic mass is 9.95. The normalized spacial score (nSPS) is 15.5. The van der Waals surface area contributed by atoms with Crippen molar-refractivity contribution in [3.8, 4) is 5.00 Å². The largest absolute Gasteiger partial charge is 0.481 e. The zero-order valence-electron chi connectivity index (χ0n) is 20.4. The fraction of sp³-hybridized carbons (Fsp3) is 0.259. The summed E-state index contributed by atoms with van der Waals surface area (Å²) in [5, 5.41) is 22.9. The predicted octanol–water partition coefficient (Wildman–Crippen LogP) is 6.14. The summed E-state index contributed by atoms with van der Waals surface area (Å²) in [5.74, 6) is -0.680. The maximum absolute atomic E-state index is 13.2. The number of nitrogens with one attached hydrogen (secondary N) is 1. The number of nitrogens with zero attached hydrogens (tertiary/aromatic N) is 4. The molecule has 36 heavy (non-hydrogen) atoms. The van der Waals surface area contributed by atoms with Crippen LogP contribution >= 0.6 is 11.3 Å². The van der Waals surface area contributed by atoms with E-state index in [1.165, 1.54) is 12.1 Å². The Hall–Kier alpha value is -3.85. The Morgan fingerprint density at radius 3 is 2.33 bits per heavy atom. The van der Waals surface area contributed by atoms with Gasteiger partial charge in [0.1, 0.15) is 22.7 Å². The van der Waals surface area contributed by atoms with Crippen molar-refractivity contribution in [1.82, 2.24) is 14.8 Å². The van der Waals surface area contributed by atoms with Gasteiger partial charge in [0.05, 0.1) is 11.6 Å². The number of anilines is 2. The molecule has 0 fully saturated rings. The number of carbonyl (C=O) groups is 1. The molecule has 1 aliphatic rings. The van der Waals surface area contributed by atoms with Gasteiger partial charge in [0.2, 0.25) is 0 Å². The molecule has 2 N–H and O–H groups in total. The van der Waals surface area contributed by atoms with E-state index in [0.29, 0.717) is 18.1 Å². The van der Waals surface area contributed by atoms with Gasteiger partial charge in [0.25, 0.3) is 0 Å². The summed E-state index contributed by atoms with van der Waals surface area (Å²) >= 11 is 1.64. The van der Waals surface area contributed by atoms with Gasteiger partial charge in [-0.25, -0.2) is 4.39 Å². The van der Waals surface area contributed by atoms with Gasteiger partial charge in [-0.3, -0.25) is 14.4 Å². The zero-order chi connectivity index (χ0) is 25.6. The van der Waals surface area contributed by atoms with Crippen LogP contribution < -0.4 is 5.32 Å². The molecule has 2 aromatic carbocycles. The van der Waals surface area contributed by atoms with Crippen LogP contribution in [0.3, 0.4) is 0 Å². The second kappa shape index (κ2) is 9.31. The standard InChI is InChI=1S/C27H26FN5O2S/c1-5-21(27(34)35)24-25-32-31-16(4)33(25)26-22(14(2)15(3)36-26)23(30-24)17-6-10-19(11-7-17)29-20-12-8-18(28)9-13-20/h6-13,21,24,29H,5H2,1-4H3,(H,34,35)/t21?,24-/m0/s1. The van der Waals surface area contributed by atoms with Crippen LogP contribution in [0.4, 0.5) is 15.8 Å². The van der Waals surface area contributed by atoms with Crippen molar-refractivity contribution >= 4 is 34.4 Å². The van der Waals surface area contributed by atoms with Crippen molar-refractivity contribution in [1.29, 1.82) is 0 Å². The van der Waals surface area contributed by atoms with Gasteiger partial charge >= 0.3 is 5.97 Å². The Bertz CT molecular complexity index is 1470. The van der Waals surface area contributed by atoms with Crippen LogP contribution in [0.5, 0.6) is 0 Å². The molecule has 0 spiro atoms. The van der Waals surface area contributed by atoms with E-state index in [1.807, 2.05) is 42.7 Å². The molecular weight excluding hydrogens is 477 g/mol. The van der Waals surface area contributed by atoms with Crippen LogP contribution in [0.2, 0.25) is 0 Å². The maximum atomic E-state index is 13.2. The van der Waals surface area contributed by atoms with Crippen molar-refractivity contribution in [3.05, 3.63) is 87.6 Å². The fourth-order valence-electron chi connectivity index (χ4n) is 4.56. The molecule has 5 rings (SSSR count). The van der Waals surface area contributed by atoms with E-state index in [4.69, 9.17) is 4.99 Å². The summed E-state index contributed by atoms with van der Waals surface area (Å²) in [6, 6.07) is 13.3. The average Bonchev–Trinajstić information content (AvgIpc) is 3.32. The minimum Gasteiger partial charge on any atom is -0.481 e. The molecule has 2 aromatic heterocycles. The van der Waals surface area contributed by atoms with Crippen molar-refractivity contribution < 1.29 is 14.3 Å². The molecule has 0 saturated carbocycles. The van der Waals surface area contributed by atoms with Crippen molar-refractivity contribution in [3.63, 3.8) is 0 Å². The summed E-state index contributed by atoms with van der Waals surface area (Å²) in [4.78, 5) is 18.5. The van der Waals surface area contributed by atoms with E-state index in [-0.39, 0.29) is 5.82 Å². The molecule has 0 amide bonds. The van der Waals surface area contributed by atoms with Gasteiger partial charge in [-0.05, 0) is 69.2 Å². The molecule has 7 nitrogen and oxygen atoms in total. The average molecular weight is 504 g/mol. The lowest BCUT2D eigenvalue weighted by Crippen LogP contribution is -2.23. The number of carboxylic acids is 1. The number of hydrogen-bond acceptors (Lipinski definition) is 6. The van der Waals surface area contributed by atoms with E-state index >= 15 is 0 Å².